The highest BCUT2D eigenvalue weighted by Gasteiger charge is 2.24. The molecule has 27 heavy (non-hydrogen) atoms. The number of amides is 1. The first-order valence-corrected chi connectivity index (χ1v) is 9.98. The third-order valence-corrected chi connectivity index (χ3v) is 5.41. The Morgan fingerprint density at radius 1 is 1.15 bits per heavy atom. The smallest absolute Gasteiger partial charge is 0.287 e. The van der Waals surface area contributed by atoms with Gasteiger partial charge in [-0.15, -0.1) is 0 Å². The molecule has 0 radical (unpaired) electrons. The summed E-state index contributed by atoms with van der Waals surface area (Å²) in [6.07, 6.45) is 3.74. The SMILES string of the molecule is Cc1nc(NC2CCC(NC(=O)c3ccc(Br)o3)CC2)nc(N(C)C)c1C. The Morgan fingerprint density at radius 3 is 2.41 bits per heavy atom. The molecule has 0 saturated heterocycles. The molecular formula is C19H26BrN5O2. The van der Waals surface area contributed by atoms with Crippen LogP contribution in [0.3, 0.4) is 0 Å². The molecule has 146 valence electrons. The maximum Gasteiger partial charge on any atom is 0.287 e. The summed E-state index contributed by atoms with van der Waals surface area (Å²) in [7, 11) is 3.98. The lowest BCUT2D eigenvalue weighted by Gasteiger charge is -2.29. The molecule has 0 spiro atoms. The largest absolute Gasteiger partial charge is 0.444 e. The molecule has 1 aliphatic carbocycles. The molecule has 1 amide bonds. The first-order valence-electron chi connectivity index (χ1n) is 9.18. The third-order valence-electron chi connectivity index (χ3n) is 4.98. The van der Waals surface area contributed by atoms with E-state index in [1.54, 1.807) is 12.1 Å². The second-order valence-corrected chi connectivity index (χ2v) is 8.03. The van der Waals surface area contributed by atoms with Gasteiger partial charge in [0.05, 0.1) is 0 Å². The maximum atomic E-state index is 12.2. The van der Waals surface area contributed by atoms with Crippen LogP contribution in [0.2, 0.25) is 0 Å². The van der Waals surface area contributed by atoms with E-state index in [1.807, 2.05) is 32.8 Å². The first-order chi connectivity index (χ1) is 12.8. The Labute approximate surface area is 168 Å². The van der Waals surface area contributed by atoms with Gasteiger partial charge in [0, 0.05) is 37.4 Å². The molecule has 2 aromatic rings. The van der Waals surface area contributed by atoms with Gasteiger partial charge >= 0.3 is 0 Å². The van der Waals surface area contributed by atoms with Gasteiger partial charge in [0.2, 0.25) is 5.95 Å². The van der Waals surface area contributed by atoms with Crippen molar-refractivity contribution in [1.82, 2.24) is 15.3 Å². The average molecular weight is 436 g/mol. The van der Waals surface area contributed by atoms with Crippen LogP contribution in [-0.2, 0) is 0 Å². The Bertz CT molecular complexity index is 812. The van der Waals surface area contributed by atoms with E-state index >= 15 is 0 Å². The summed E-state index contributed by atoms with van der Waals surface area (Å²) in [5.74, 6) is 1.79. The number of rotatable bonds is 5. The van der Waals surface area contributed by atoms with Crippen molar-refractivity contribution in [2.45, 2.75) is 51.6 Å². The molecule has 3 rings (SSSR count). The summed E-state index contributed by atoms with van der Waals surface area (Å²) < 4.78 is 5.87. The van der Waals surface area contributed by atoms with Gasteiger partial charge in [0.15, 0.2) is 10.4 Å². The standard InChI is InChI=1S/C19H26BrN5O2/c1-11-12(2)21-19(24-17(11)25(3)4)23-14-7-5-13(6-8-14)22-18(26)15-9-10-16(20)27-15/h9-10,13-14H,5-8H2,1-4H3,(H,22,26)(H,21,23,24). The lowest BCUT2D eigenvalue weighted by molar-refractivity contribution is 0.0897. The van der Waals surface area contributed by atoms with E-state index < -0.39 is 0 Å². The molecule has 1 saturated carbocycles. The Hall–Kier alpha value is -2.09. The molecule has 0 aromatic carbocycles. The summed E-state index contributed by atoms with van der Waals surface area (Å²) in [6.45, 7) is 4.05. The summed E-state index contributed by atoms with van der Waals surface area (Å²) in [6, 6.07) is 3.87. The number of halogens is 1. The van der Waals surface area contributed by atoms with Gasteiger partial charge in [0.25, 0.3) is 5.91 Å². The van der Waals surface area contributed by atoms with Gasteiger partial charge in [0.1, 0.15) is 5.82 Å². The maximum absolute atomic E-state index is 12.2. The van der Waals surface area contributed by atoms with Crippen LogP contribution in [0.4, 0.5) is 11.8 Å². The van der Waals surface area contributed by atoms with Gasteiger partial charge in [-0.1, -0.05) is 0 Å². The summed E-state index contributed by atoms with van der Waals surface area (Å²) in [5.41, 5.74) is 2.09. The highest BCUT2D eigenvalue weighted by molar-refractivity contribution is 9.10. The number of carbonyl (C=O) groups excluding carboxylic acids is 1. The zero-order valence-electron chi connectivity index (χ0n) is 16.2. The number of nitrogens with one attached hydrogen (secondary N) is 2. The van der Waals surface area contributed by atoms with Crippen LogP contribution >= 0.6 is 15.9 Å². The van der Waals surface area contributed by atoms with Crippen LogP contribution in [0, 0.1) is 13.8 Å². The van der Waals surface area contributed by atoms with E-state index in [4.69, 9.17) is 4.42 Å². The monoisotopic (exact) mass is 435 g/mol. The number of hydrogen-bond donors (Lipinski definition) is 2. The quantitative estimate of drug-likeness (QED) is 0.745. The second kappa shape index (κ2) is 8.29. The second-order valence-electron chi connectivity index (χ2n) is 7.25. The molecule has 1 aliphatic rings. The molecule has 2 heterocycles. The van der Waals surface area contributed by atoms with E-state index in [-0.39, 0.29) is 11.9 Å². The van der Waals surface area contributed by atoms with Crippen LogP contribution in [-0.4, -0.2) is 42.1 Å². The fourth-order valence-corrected chi connectivity index (χ4v) is 3.68. The minimum Gasteiger partial charge on any atom is -0.444 e. The lowest BCUT2D eigenvalue weighted by Crippen LogP contribution is -2.40. The first kappa shape index (κ1) is 19.7. The van der Waals surface area contributed by atoms with Gasteiger partial charge in [-0.2, -0.15) is 4.98 Å². The number of aromatic nitrogens is 2. The molecule has 0 unspecified atom stereocenters. The molecule has 7 nitrogen and oxygen atoms in total. The number of carbonyl (C=O) groups is 1. The summed E-state index contributed by atoms with van der Waals surface area (Å²) in [4.78, 5) is 23.4. The average Bonchev–Trinajstić information content (AvgIpc) is 3.06. The molecule has 0 aliphatic heterocycles. The topological polar surface area (TPSA) is 83.3 Å². The number of anilines is 2. The Morgan fingerprint density at radius 2 is 1.81 bits per heavy atom. The van der Waals surface area contributed by atoms with E-state index in [9.17, 15) is 4.79 Å². The van der Waals surface area contributed by atoms with Crippen molar-refractivity contribution in [2.24, 2.45) is 0 Å². The van der Waals surface area contributed by atoms with Crippen molar-refractivity contribution in [3.8, 4) is 0 Å². The van der Waals surface area contributed by atoms with E-state index in [2.05, 4.69) is 36.5 Å². The van der Waals surface area contributed by atoms with Crippen molar-refractivity contribution in [1.29, 1.82) is 0 Å². The predicted octanol–water partition coefficient (Wildman–Crippen LogP) is 3.67. The highest BCUT2D eigenvalue weighted by atomic mass is 79.9. The van der Waals surface area contributed by atoms with Crippen LogP contribution in [0.1, 0.15) is 47.5 Å². The Balaban J connectivity index is 1.54. The zero-order chi connectivity index (χ0) is 19.6. The van der Waals surface area contributed by atoms with Crippen molar-refractivity contribution in [3.05, 3.63) is 33.8 Å². The summed E-state index contributed by atoms with van der Waals surface area (Å²) in [5, 5.41) is 6.52. The van der Waals surface area contributed by atoms with Crippen molar-refractivity contribution < 1.29 is 9.21 Å². The third kappa shape index (κ3) is 4.80. The van der Waals surface area contributed by atoms with Crippen LogP contribution in [0.15, 0.2) is 21.2 Å². The van der Waals surface area contributed by atoms with Gasteiger partial charge in [-0.05, 0) is 67.6 Å². The Kier molecular flexibility index (Phi) is 6.04. The molecule has 2 N–H and O–H groups in total. The molecule has 2 aromatic heterocycles. The van der Waals surface area contributed by atoms with E-state index in [0.29, 0.717) is 22.4 Å². The summed E-state index contributed by atoms with van der Waals surface area (Å²) >= 11 is 3.22. The van der Waals surface area contributed by atoms with Gasteiger partial charge < -0.3 is 20.0 Å². The molecule has 0 atom stereocenters. The van der Waals surface area contributed by atoms with E-state index in [1.165, 1.54) is 0 Å². The van der Waals surface area contributed by atoms with Gasteiger partial charge in [-0.25, -0.2) is 4.98 Å². The number of nitrogens with zero attached hydrogens (tertiary/aromatic N) is 3. The van der Waals surface area contributed by atoms with Crippen molar-refractivity contribution >= 4 is 33.6 Å². The minimum atomic E-state index is -0.162. The molecular weight excluding hydrogens is 410 g/mol. The number of hydrogen-bond acceptors (Lipinski definition) is 6. The predicted molar refractivity (Wildman–Crippen MR) is 109 cm³/mol. The van der Waals surface area contributed by atoms with E-state index in [0.717, 1.165) is 42.8 Å². The van der Waals surface area contributed by atoms with Gasteiger partial charge in [-0.3, -0.25) is 4.79 Å². The fraction of sp³-hybridized carbons (Fsp3) is 0.526. The normalized spacial score (nSPS) is 19.6. The molecule has 1 fully saturated rings. The van der Waals surface area contributed by atoms with Crippen molar-refractivity contribution in [2.75, 3.05) is 24.3 Å². The minimum absolute atomic E-state index is 0.162. The van der Waals surface area contributed by atoms with Crippen LogP contribution in [0.5, 0.6) is 0 Å². The van der Waals surface area contributed by atoms with Crippen LogP contribution in [0.25, 0.3) is 0 Å². The molecule has 8 heteroatoms. The number of furan rings is 1. The fourth-order valence-electron chi connectivity index (χ4n) is 3.37. The zero-order valence-corrected chi connectivity index (χ0v) is 17.8. The highest BCUT2D eigenvalue weighted by Crippen LogP contribution is 2.24. The molecule has 0 bridgehead atoms. The lowest BCUT2D eigenvalue weighted by atomic mass is 9.91. The number of aryl methyl sites for hydroxylation is 1. The van der Waals surface area contributed by atoms with Crippen molar-refractivity contribution in [3.63, 3.8) is 0 Å². The van der Waals surface area contributed by atoms with Crippen LogP contribution < -0.4 is 15.5 Å².